The first-order valence-corrected chi connectivity index (χ1v) is 14.2. The summed E-state index contributed by atoms with van der Waals surface area (Å²) in [6.07, 6.45) is -9.04. The maximum atomic E-state index is 15.6. The fourth-order valence-electron chi connectivity index (χ4n) is 4.68. The third-order valence-electron chi connectivity index (χ3n) is 6.72. The van der Waals surface area contributed by atoms with E-state index in [2.05, 4.69) is 9.97 Å². The average Bonchev–Trinajstić information content (AvgIpc) is 3.13. The van der Waals surface area contributed by atoms with Gasteiger partial charge in [0.1, 0.15) is 23.3 Å². The smallest absolute Gasteiger partial charge is 0.432 e. The van der Waals surface area contributed by atoms with Crippen molar-refractivity contribution in [3.8, 4) is 6.07 Å². The number of hydrogen-bond donors (Lipinski definition) is 0. The van der Waals surface area contributed by atoms with Crippen LogP contribution in [0.3, 0.4) is 0 Å². The number of carbonyl (C=O) groups is 2. The summed E-state index contributed by atoms with van der Waals surface area (Å²) >= 11 is 5.51. The van der Waals surface area contributed by atoms with E-state index in [0.717, 1.165) is 23.1 Å². The number of rotatable bonds is 8. The maximum absolute atomic E-state index is 15.6. The molecule has 1 amide bonds. The van der Waals surface area contributed by atoms with Gasteiger partial charge < -0.3 is 19.1 Å². The van der Waals surface area contributed by atoms with Crippen molar-refractivity contribution in [3.63, 3.8) is 0 Å². The number of ether oxygens (including phenoxy) is 3. The number of fused-ring (bicyclic) bond motifs is 1. The number of hydrogen-bond acceptors (Lipinski definition) is 9. The van der Waals surface area contributed by atoms with E-state index >= 15 is 4.39 Å². The van der Waals surface area contributed by atoms with Gasteiger partial charge in [0.15, 0.2) is 16.8 Å². The molecule has 0 N–H and O–H groups in total. The molecule has 0 radical (unpaired) electrons. The molecule has 0 spiro atoms. The lowest BCUT2D eigenvalue weighted by Crippen LogP contribution is -2.44. The highest BCUT2D eigenvalue weighted by Crippen LogP contribution is 2.41. The van der Waals surface area contributed by atoms with Crippen LogP contribution in [0.15, 0.2) is 30.3 Å². The molecule has 10 nitrogen and oxygen atoms in total. The Bertz CT molecular complexity index is 1790. The minimum absolute atomic E-state index is 0.0616. The Morgan fingerprint density at radius 3 is 2.36 bits per heavy atom. The normalized spacial score (nSPS) is 15.0. The summed E-state index contributed by atoms with van der Waals surface area (Å²) in [5, 5.41) is 8.75. The highest BCUT2D eigenvalue weighted by atomic mass is 32.1. The fraction of sp³-hybridized carbons (Fsp3) is 0.400. The number of nitrogens with zero attached hydrogens (tertiary/aromatic N) is 5. The second-order valence-electron chi connectivity index (χ2n) is 11.7. The van der Waals surface area contributed by atoms with Crippen LogP contribution < -0.4 is 9.80 Å². The Balaban J connectivity index is 1.70. The van der Waals surface area contributed by atoms with E-state index in [4.69, 9.17) is 31.7 Å². The molecular weight excluding hydrogens is 656 g/mol. The molecule has 250 valence electrons. The number of carbonyl (C=O) groups excluding carboxylic acids is 2. The van der Waals surface area contributed by atoms with Crippen LogP contribution in [0.4, 0.5) is 42.5 Å². The van der Waals surface area contributed by atoms with Gasteiger partial charge in [0.05, 0.1) is 41.8 Å². The zero-order valence-corrected chi connectivity index (χ0v) is 26.4. The Kier molecular flexibility index (Phi) is 9.70. The Hall–Kier alpha value is -4.56. The molecule has 1 aliphatic heterocycles. The largest absolute Gasteiger partial charge is 0.508 e. The predicted octanol–water partition coefficient (Wildman–Crippen LogP) is 6.98. The van der Waals surface area contributed by atoms with E-state index in [1.54, 1.807) is 20.8 Å². The van der Waals surface area contributed by atoms with Gasteiger partial charge in [-0.2, -0.15) is 18.4 Å². The van der Waals surface area contributed by atoms with Crippen molar-refractivity contribution in [1.82, 2.24) is 9.97 Å². The van der Waals surface area contributed by atoms with Gasteiger partial charge in [0.25, 0.3) is 12.3 Å². The number of nitriles is 1. The average molecular weight is 684 g/mol. The van der Waals surface area contributed by atoms with Gasteiger partial charge in [0.2, 0.25) is 0 Å². The number of thiocarbonyl (C=S) groups is 1. The summed E-state index contributed by atoms with van der Waals surface area (Å²) in [4.78, 5) is 34.8. The lowest BCUT2D eigenvalue weighted by atomic mass is 10.0. The zero-order valence-electron chi connectivity index (χ0n) is 25.5. The van der Waals surface area contributed by atoms with Crippen molar-refractivity contribution in [2.75, 3.05) is 23.0 Å². The summed E-state index contributed by atoms with van der Waals surface area (Å²) in [7, 11) is 0. The molecule has 0 unspecified atom stereocenters. The fourth-order valence-corrected chi connectivity index (χ4v) is 5.21. The first-order chi connectivity index (χ1) is 21.8. The number of anilines is 2. The molecule has 17 heteroatoms. The van der Waals surface area contributed by atoms with E-state index in [0.29, 0.717) is 6.07 Å². The number of amides is 1. The van der Waals surface area contributed by atoms with E-state index in [1.165, 1.54) is 30.9 Å². The third kappa shape index (κ3) is 7.38. The van der Waals surface area contributed by atoms with Crippen molar-refractivity contribution in [2.45, 2.75) is 65.0 Å². The molecule has 1 saturated heterocycles. The van der Waals surface area contributed by atoms with Crippen LogP contribution in [0.2, 0.25) is 0 Å². The summed E-state index contributed by atoms with van der Waals surface area (Å²) in [5.41, 5.74) is -5.33. The van der Waals surface area contributed by atoms with E-state index in [9.17, 15) is 31.5 Å². The highest BCUT2D eigenvalue weighted by molar-refractivity contribution is 7.81. The molecule has 2 heterocycles. The Labute approximate surface area is 269 Å². The summed E-state index contributed by atoms with van der Waals surface area (Å²) in [6.45, 7) is 6.79. The predicted molar refractivity (Wildman–Crippen MR) is 159 cm³/mol. The lowest BCUT2D eigenvalue weighted by Gasteiger charge is -2.30. The quantitative estimate of drug-likeness (QED) is 0.107. The SMILES string of the molecule is CC(C)(C)OC(=O)OCCOCc1nc(C(F)F)nc2c(F)cc(N3C(=S)N(c4ccc(C#N)c(C(F)(F)F)c4)C(=O)C3(C)C)cc12. The van der Waals surface area contributed by atoms with Gasteiger partial charge in [-0.3, -0.25) is 9.69 Å². The minimum Gasteiger partial charge on any atom is -0.432 e. The van der Waals surface area contributed by atoms with Crippen molar-refractivity contribution >= 4 is 51.7 Å². The van der Waals surface area contributed by atoms with Gasteiger partial charge in [-0.25, -0.2) is 27.9 Å². The third-order valence-corrected chi connectivity index (χ3v) is 7.08. The van der Waals surface area contributed by atoms with Crippen LogP contribution in [-0.2, 0) is 31.8 Å². The standard InChI is InChI=1S/C30H27F6N5O5S/c1-28(2,3)46-27(43)45-9-8-44-14-21-18-10-17(12-20(31)22(18)39-24(38-21)23(32)33)41-26(47)40(25(42)29(41,4)5)16-7-6-15(13-37)19(11-16)30(34,35)36/h6-7,10-12,23H,8-9,14H2,1-5H3. The van der Waals surface area contributed by atoms with Crippen molar-refractivity contribution in [2.24, 2.45) is 0 Å². The number of aromatic nitrogens is 2. The molecule has 0 bridgehead atoms. The summed E-state index contributed by atoms with van der Waals surface area (Å²) in [5.74, 6) is -2.83. The summed E-state index contributed by atoms with van der Waals surface area (Å²) in [6, 6.07) is 6.29. The minimum atomic E-state index is -4.92. The molecule has 4 rings (SSSR count). The van der Waals surface area contributed by atoms with Crippen LogP contribution >= 0.6 is 12.2 Å². The highest BCUT2D eigenvalue weighted by Gasteiger charge is 2.51. The molecule has 3 aromatic rings. The molecule has 47 heavy (non-hydrogen) atoms. The molecule has 0 saturated carbocycles. The molecular formula is C30H27F6N5O5S. The monoisotopic (exact) mass is 683 g/mol. The van der Waals surface area contributed by atoms with Gasteiger partial charge in [-0.1, -0.05) is 0 Å². The van der Waals surface area contributed by atoms with E-state index < -0.39 is 70.7 Å². The van der Waals surface area contributed by atoms with E-state index in [1.807, 2.05) is 0 Å². The van der Waals surface area contributed by atoms with Crippen LogP contribution in [0.5, 0.6) is 0 Å². The van der Waals surface area contributed by atoms with Crippen LogP contribution in [0.25, 0.3) is 10.9 Å². The van der Waals surface area contributed by atoms with Crippen molar-refractivity contribution in [1.29, 1.82) is 5.26 Å². The Morgan fingerprint density at radius 2 is 1.77 bits per heavy atom. The van der Waals surface area contributed by atoms with Gasteiger partial charge in [-0.15, -0.1) is 0 Å². The van der Waals surface area contributed by atoms with Crippen LogP contribution in [0.1, 0.15) is 63.7 Å². The molecule has 1 aromatic heterocycles. The van der Waals surface area contributed by atoms with Gasteiger partial charge in [0, 0.05) is 11.1 Å². The summed E-state index contributed by atoms with van der Waals surface area (Å²) < 4.78 is 99.3. The van der Waals surface area contributed by atoms with Crippen molar-refractivity contribution in [3.05, 3.63) is 58.8 Å². The first-order valence-electron chi connectivity index (χ1n) is 13.8. The number of alkyl halides is 5. The van der Waals surface area contributed by atoms with E-state index in [-0.39, 0.29) is 40.8 Å². The molecule has 0 atom stereocenters. The maximum Gasteiger partial charge on any atom is 0.508 e. The topological polar surface area (TPSA) is 118 Å². The molecule has 0 aliphatic carbocycles. The molecule has 1 fully saturated rings. The van der Waals surface area contributed by atoms with Crippen LogP contribution in [0, 0.1) is 17.1 Å². The first kappa shape index (κ1) is 35.3. The second-order valence-corrected chi connectivity index (χ2v) is 12.0. The second kappa shape index (κ2) is 12.9. The number of halogens is 6. The number of benzene rings is 2. The van der Waals surface area contributed by atoms with Gasteiger partial charge >= 0.3 is 12.3 Å². The molecule has 1 aliphatic rings. The van der Waals surface area contributed by atoms with Crippen molar-refractivity contribution < 1.29 is 50.1 Å². The van der Waals surface area contributed by atoms with Crippen LogP contribution in [-0.4, -0.2) is 51.5 Å². The molecule has 2 aromatic carbocycles. The Morgan fingerprint density at radius 1 is 1.09 bits per heavy atom. The lowest BCUT2D eigenvalue weighted by molar-refractivity contribution is -0.137. The van der Waals surface area contributed by atoms with Gasteiger partial charge in [-0.05, 0) is 77.2 Å². The zero-order chi connectivity index (χ0) is 35.1.